The number of hydrogen-bond acceptors (Lipinski definition) is 5. The molecule has 0 radical (unpaired) electrons. The molecular formula is C21H23N3OS2. The van der Waals surface area contributed by atoms with Gasteiger partial charge in [-0.25, -0.2) is 4.98 Å². The molecule has 0 bridgehead atoms. The molecule has 3 rings (SSSR count). The molecule has 0 aliphatic carbocycles. The molecule has 0 aliphatic rings. The SMILES string of the molecule is Cc1csc(SCc2ccccc2C(=O)NCCN(C)c2ccccc2)n1. The Bertz CT molecular complexity index is 880. The number of nitrogens with one attached hydrogen (secondary N) is 1. The van der Waals surface area contributed by atoms with Crippen LogP contribution in [0.1, 0.15) is 21.6 Å². The van der Waals surface area contributed by atoms with Crippen molar-refractivity contribution in [3.05, 3.63) is 76.8 Å². The van der Waals surface area contributed by atoms with Crippen molar-refractivity contribution in [1.29, 1.82) is 0 Å². The first-order chi connectivity index (χ1) is 13.1. The van der Waals surface area contributed by atoms with Crippen LogP contribution in [0.15, 0.2) is 64.3 Å². The van der Waals surface area contributed by atoms with Crippen molar-refractivity contribution in [1.82, 2.24) is 10.3 Å². The number of benzene rings is 2. The van der Waals surface area contributed by atoms with Crippen LogP contribution < -0.4 is 10.2 Å². The number of rotatable bonds is 8. The maximum atomic E-state index is 12.6. The van der Waals surface area contributed by atoms with E-state index in [0.717, 1.165) is 39.1 Å². The molecule has 3 aromatic rings. The van der Waals surface area contributed by atoms with Crippen molar-refractivity contribution in [3.8, 4) is 0 Å². The number of hydrogen-bond donors (Lipinski definition) is 1. The quantitative estimate of drug-likeness (QED) is 0.564. The van der Waals surface area contributed by atoms with Crippen LogP contribution in [0, 0.1) is 6.92 Å². The van der Waals surface area contributed by atoms with Crippen LogP contribution in [0.3, 0.4) is 0 Å². The summed E-state index contributed by atoms with van der Waals surface area (Å²) in [4.78, 5) is 19.3. The van der Waals surface area contributed by atoms with Crippen LogP contribution >= 0.6 is 23.1 Å². The molecule has 1 amide bonds. The molecule has 1 aromatic heterocycles. The highest BCUT2D eigenvalue weighted by Gasteiger charge is 2.12. The normalized spacial score (nSPS) is 10.6. The molecule has 2 aromatic carbocycles. The zero-order valence-electron chi connectivity index (χ0n) is 15.5. The van der Waals surface area contributed by atoms with Gasteiger partial charge in [-0.15, -0.1) is 11.3 Å². The number of thioether (sulfide) groups is 1. The third kappa shape index (κ3) is 5.58. The molecule has 0 unspecified atom stereocenters. The van der Waals surface area contributed by atoms with Crippen LogP contribution in [0.4, 0.5) is 5.69 Å². The van der Waals surface area contributed by atoms with Crippen molar-refractivity contribution < 1.29 is 4.79 Å². The number of para-hydroxylation sites is 1. The molecule has 0 saturated carbocycles. The van der Waals surface area contributed by atoms with Crippen LogP contribution in [0.5, 0.6) is 0 Å². The highest BCUT2D eigenvalue weighted by atomic mass is 32.2. The van der Waals surface area contributed by atoms with Gasteiger partial charge in [-0.2, -0.15) is 0 Å². The van der Waals surface area contributed by atoms with Gasteiger partial charge in [-0.3, -0.25) is 4.79 Å². The number of aromatic nitrogens is 1. The molecule has 0 aliphatic heterocycles. The minimum Gasteiger partial charge on any atom is -0.373 e. The summed E-state index contributed by atoms with van der Waals surface area (Å²) in [6, 6.07) is 17.9. The Balaban J connectivity index is 1.55. The maximum absolute atomic E-state index is 12.6. The lowest BCUT2D eigenvalue weighted by atomic mass is 10.1. The second-order valence-corrected chi connectivity index (χ2v) is 8.29. The maximum Gasteiger partial charge on any atom is 0.251 e. The third-order valence-corrected chi connectivity index (χ3v) is 6.33. The molecule has 0 fully saturated rings. The van der Waals surface area contributed by atoms with Gasteiger partial charge in [-0.1, -0.05) is 48.2 Å². The topological polar surface area (TPSA) is 45.2 Å². The summed E-state index contributed by atoms with van der Waals surface area (Å²) in [6.07, 6.45) is 0. The van der Waals surface area contributed by atoms with Gasteiger partial charge in [0.1, 0.15) is 4.34 Å². The van der Waals surface area contributed by atoms with Crippen LogP contribution in [-0.4, -0.2) is 31.0 Å². The molecule has 27 heavy (non-hydrogen) atoms. The zero-order chi connectivity index (χ0) is 19.1. The predicted octanol–water partition coefficient (Wildman–Crippen LogP) is 4.61. The Morgan fingerprint density at radius 1 is 1.15 bits per heavy atom. The molecule has 1 heterocycles. The summed E-state index contributed by atoms with van der Waals surface area (Å²) in [7, 11) is 2.03. The summed E-state index contributed by atoms with van der Waals surface area (Å²) < 4.78 is 1.03. The van der Waals surface area contributed by atoms with Gasteiger partial charge in [0.25, 0.3) is 5.91 Å². The van der Waals surface area contributed by atoms with Crippen molar-refractivity contribution in [2.45, 2.75) is 17.0 Å². The van der Waals surface area contributed by atoms with E-state index in [1.54, 1.807) is 23.1 Å². The highest BCUT2D eigenvalue weighted by Crippen LogP contribution is 2.27. The fourth-order valence-corrected chi connectivity index (χ4v) is 4.50. The van der Waals surface area contributed by atoms with Gasteiger partial charge >= 0.3 is 0 Å². The lowest BCUT2D eigenvalue weighted by Gasteiger charge is -2.19. The Kier molecular flexibility index (Phi) is 6.90. The van der Waals surface area contributed by atoms with Crippen molar-refractivity contribution >= 4 is 34.7 Å². The first-order valence-corrected chi connectivity index (χ1v) is 10.7. The van der Waals surface area contributed by atoms with E-state index in [4.69, 9.17) is 0 Å². The number of aryl methyl sites for hydroxylation is 1. The smallest absolute Gasteiger partial charge is 0.251 e. The zero-order valence-corrected chi connectivity index (χ0v) is 17.1. The standard InChI is InChI=1S/C21H23N3OS2/c1-16-14-26-21(23-16)27-15-17-8-6-7-11-19(17)20(25)22-12-13-24(2)18-9-4-3-5-10-18/h3-11,14H,12-13,15H2,1-2H3,(H,22,25). The summed E-state index contributed by atoms with van der Waals surface area (Å²) >= 11 is 3.31. The lowest BCUT2D eigenvalue weighted by molar-refractivity contribution is 0.0954. The molecule has 0 saturated heterocycles. The number of carbonyl (C=O) groups excluding carboxylic acids is 1. The highest BCUT2D eigenvalue weighted by molar-refractivity contribution is 8.00. The Labute approximate surface area is 168 Å². The van der Waals surface area contributed by atoms with Gasteiger partial charge < -0.3 is 10.2 Å². The van der Waals surface area contributed by atoms with E-state index in [2.05, 4.69) is 27.3 Å². The first-order valence-electron chi connectivity index (χ1n) is 8.80. The van der Waals surface area contributed by atoms with Crippen LogP contribution in [0.25, 0.3) is 0 Å². The number of amides is 1. The molecular weight excluding hydrogens is 374 g/mol. The number of carbonyl (C=O) groups is 1. The molecule has 1 N–H and O–H groups in total. The van der Waals surface area contributed by atoms with Gasteiger partial charge in [0.2, 0.25) is 0 Å². The average molecular weight is 398 g/mol. The first kappa shape index (κ1) is 19.5. The average Bonchev–Trinajstić information content (AvgIpc) is 3.12. The molecule has 4 nitrogen and oxygen atoms in total. The van der Waals surface area contributed by atoms with Gasteiger partial charge in [-0.05, 0) is 30.7 Å². The summed E-state index contributed by atoms with van der Waals surface area (Å²) in [5, 5.41) is 5.09. The van der Waals surface area contributed by atoms with E-state index >= 15 is 0 Å². The van der Waals surface area contributed by atoms with Gasteiger partial charge in [0, 0.05) is 48.2 Å². The fraction of sp³-hybridized carbons (Fsp3) is 0.238. The van der Waals surface area contributed by atoms with Crippen LogP contribution in [-0.2, 0) is 5.75 Å². The Morgan fingerprint density at radius 2 is 1.89 bits per heavy atom. The fourth-order valence-electron chi connectivity index (χ4n) is 2.65. The summed E-state index contributed by atoms with van der Waals surface area (Å²) in [5.41, 5.74) is 3.95. The Hall–Kier alpha value is -2.31. The second-order valence-electron chi connectivity index (χ2n) is 6.21. The van der Waals surface area contributed by atoms with E-state index in [9.17, 15) is 4.79 Å². The van der Waals surface area contributed by atoms with E-state index in [1.165, 1.54) is 0 Å². The van der Waals surface area contributed by atoms with E-state index in [0.29, 0.717) is 6.54 Å². The lowest BCUT2D eigenvalue weighted by Crippen LogP contribution is -2.33. The van der Waals surface area contributed by atoms with Crippen molar-refractivity contribution in [3.63, 3.8) is 0 Å². The third-order valence-electron chi connectivity index (χ3n) is 4.14. The molecule has 0 atom stereocenters. The Morgan fingerprint density at radius 3 is 2.63 bits per heavy atom. The van der Waals surface area contributed by atoms with Gasteiger partial charge in [0.05, 0.1) is 0 Å². The summed E-state index contributed by atoms with van der Waals surface area (Å²) in [5.74, 6) is 0.712. The second kappa shape index (κ2) is 9.58. The molecule has 0 spiro atoms. The molecule has 140 valence electrons. The van der Waals surface area contributed by atoms with Gasteiger partial charge in [0.15, 0.2) is 0 Å². The number of nitrogens with zero attached hydrogens (tertiary/aromatic N) is 2. The van der Waals surface area contributed by atoms with Crippen LogP contribution in [0.2, 0.25) is 0 Å². The number of likely N-dealkylation sites (N-methyl/N-ethyl adjacent to an activating group) is 1. The number of thiazole rings is 1. The van der Waals surface area contributed by atoms with E-state index in [-0.39, 0.29) is 5.91 Å². The van der Waals surface area contributed by atoms with Crippen molar-refractivity contribution in [2.24, 2.45) is 0 Å². The monoisotopic (exact) mass is 397 g/mol. The van der Waals surface area contributed by atoms with E-state index in [1.807, 2.05) is 61.8 Å². The number of anilines is 1. The minimum atomic E-state index is -0.0250. The predicted molar refractivity (Wildman–Crippen MR) is 115 cm³/mol. The summed E-state index contributed by atoms with van der Waals surface area (Å²) in [6.45, 7) is 3.34. The van der Waals surface area contributed by atoms with E-state index < -0.39 is 0 Å². The molecule has 6 heteroatoms. The minimum absolute atomic E-state index is 0.0250. The largest absolute Gasteiger partial charge is 0.373 e. The van der Waals surface area contributed by atoms with Crippen molar-refractivity contribution in [2.75, 3.05) is 25.0 Å².